The summed E-state index contributed by atoms with van der Waals surface area (Å²) in [5, 5.41) is 3.85. The number of hydrogen-bond donors (Lipinski definition) is 1. The first-order chi connectivity index (χ1) is 13.9. The quantitative estimate of drug-likeness (QED) is 0.165. The van der Waals surface area contributed by atoms with Gasteiger partial charge in [-0.3, -0.25) is 0 Å². The van der Waals surface area contributed by atoms with Crippen LogP contribution in [-0.4, -0.2) is 26.5 Å². The van der Waals surface area contributed by atoms with Crippen molar-refractivity contribution in [3.63, 3.8) is 0 Å². The lowest BCUT2D eigenvalue weighted by atomic mass is 9.82. The Kier molecular flexibility index (Phi) is 14.9. The summed E-state index contributed by atoms with van der Waals surface area (Å²) in [6.07, 6.45) is 24.7. The Morgan fingerprint density at radius 3 is 1.55 bits per heavy atom. The van der Waals surface area contributed by atoms with Crippen LogP contribution in [0.4, 0.5) is 0 Å². The second-order valence-corrected chi connectivity index (χ2v) is 15.1. The van der Waals surface area contributed by atoms with Crippen molar-refractivity contribution < 1.29 is 4.43 Å². The zero-order valence-corrected chi connectivity index (χ0v) is 21.9. The van der Waals surface area contributed by atoms with E-state index >= 15 is 0 Å². The van der Waals surface area contributed by atoms with Gasteiger partial charge in [-0.15, -0.1) is 0 Å². The van der Waals surface area contributed by atoms with Gasteiger partial charge in [0.15, 0.2) is 8.32 Å². The van der Waals surface area contributed by atoms with Crippen LogP contribution in [0.3, 0.4) is 0 Å². The standard InChI is InChI=1S/C26H55NOSi/c1-6-8-10-12-14-16-18-22-26(28-29(3,4)5,25-21-20-24-27-25)23-19-17-15-13-11-9-7-2/h25,27H,6-24H2,1-5H3/t25-/m0/s1. The summed E-state index contributed by atoms with van der Waals surface area (Å²) >= 11 is 0. The normalized spacial score (nSPS) is 17.9. The lowest BCUT2D eigenvalue weighted by molar-refractivity contribution is 0.00507. The Morgan fingerprint density at radius 1 is 0.724 bits per heavy atom. The third-order valence-corrected chi connectivity index (χ3v) is 7.63. The largest absolute Gasteiger partial charge is 0.411 e. The first-order valence-electron chi connectivity index (χ1n) is 13.4. The maximum absolute atomic E-state index is 7.08. The van der Waals surface area contributed by atoms with Crippen molar-refractivity contribution in [1.29, 1.82) is 0 Å². The van der Waals surface area contributed by atoms with E-state index in [1.165, 1.54) is 122 Å². The average Bonchev–Trinajstić information content (AvgIpc) is 3.20. The van der Waals surface area contributed by atoms with Gasteiger partial charge in [-0.05, 0) is 51.9 Å². The molecule has 0 aromatic heterocycles. The van der Waals surface area contributed by atoms with Gasteiger partial charge in [0.2, 0.25) is 0 Å². The Bertz CT molecular complexity index is 355. The van der Waals surface area contributed by atoms with Crippen molar-refractivity contribution in [3.8, 4) is 0 Å². The zero-order chi connectivity index (χ0) is 21.4. The SMILES string of the molecule is CCCCCCCCCC(CCCCCCCCC)(O[Si](C)(C)C)[C@@H]1CCCN1. The highest BCUT2D eigenvalue weighted by atomic mass is 28.4. The molecule has 1 saturated heterocycles. The van der Waals surface area contributed by atoms with E-state index in [0.29, 0.717) is 6.04 Å². The van der Waals surface area contributed by atoms with Crippen LogP contribution in [0.2, 0.25) is 19.6 Å². The van der Waals surface area contributed by atoms with Gasteiger partial charge in [0.25, 0.3) is 0 Å². The van der Waals surface area contributed by atoms with Gasteiger partial charge in [-0.25, -0.2) is 0 Å². The van der Waals surface area contributed by atoms with Crippen LogP contribution in [0.25, 0.3) is 0 Å². The Labute approximate surface area is 185 Å². The Balaban J connectivity index is 2.57. The first-order valence-corrected chi connectivity index (χ1v) is 16.8. The lowest BCUT2D eigenvalue weighted by Crippen LogP contribution is -2.54. The van der Waals surface area contributed by atoms with Crippen LogP contribution in [0, 0.1) is 0 Å². The summed E-state index contributed by atoms with van der Waals surface area (Å²) in [6.45, 7) is 13.0. The molecule has 0 spiro atoms. The van der Waals surface area contributed by atoms with E-state index in [1.54, 1.807) is 0 Å². The van der Waals surface area contributed by atoms with Crippen molar-refractivity contribution in [2.75, 3.05) is 6.54 Å². The summed E-state index contributed by atoms with van der Waals surface area (Å²) in [5.41, 5.74) is 0.105. The molecule has 1 aliphatic rings. The molecule has 1 heterocycles. The molecule has 1 N–H and O–H groups in total. The van der Waals surface area contributed by atoms with Crippen LogP contribution in [0.15, 0.2) is 0 Å². The van der Waals surface area contributed by atoms with Crippen LogP contribution in [0.5, 0.6) is 0 Å². The van der Waals surface area contributed by atoms with Crippen LogP contribution < -0.4 is 5.32 Å². The lowest BCUT2D eigenvalue weighted by Gasteiger charge is -2.44. The minimum Gasteiger partial charge on any atom is -0.411 e. The van der Waals surface area contributed by atoms with E-state index in [4.69, 9.17) is 4.43 Å². The fourth-order valence-electron chi connectivity index (χ4n) is 5.15. The summed E-state index contributed by atoms with van der Waals surface area (Å²) in [5.74, 6) is 0. The fraction of sp³-hybridized carbons (Fsp3) is 1.00. The molecule has 1 rings (SSSR count). The van der Waals surface area contributed by atoms with Crippen molar-refractivity contribution in [2.45, 2.75) is 161 Å². The molecule has 1 aliphatic heterocycles. The molecule has 3 heteroatoms. The van der Waals surface area contributed by atoms with E-state index in [0.717, 1.165) is 0 Å². The Morgan fingerprint density at radius 2 is 1.17 bits per heavy atom. The monoisotopic (exact) mass is 425 g/mol. The highest BCUT2D eigenvalue weighted by molar-refractivity contribution is 6.69. The average molecular weight is 426 g/mol. The molecule has 0 aliphatic carbocycles. The second kappa shape index (κ2) is 15.9. The first kappa shape index (κ1) is 27.2. The smallest absolute Gasteiger partial charge is 0.184 e. The maximum atomic E-state index is 7.08. The number of hydrogen-bond acceptors (Lipinski definition) is 2. The molecule has 0 aromatic rings. The molecule has 0 saturated carbocycles. The van der Waals surface area contributed by atoms with Gasteiger partial charge < -0.3 is 9.74 Å². The molecule has 0 unspecified atom stereocenters. The molecule has 1 atom stereocenters. The van der Waals surface area contributed by atoms with Crippen molar-refractivity contribution >= 4 is 8.32 Å². The number of unbranched alkanes of at least 4 members (excludes halogenated alkanes) is 12. The van der Waals surface area contributed by atoms with Crippen LogP contribution in [0.1, 0.15) is 129 Å². The van der Waals surface area contributed by atoms with Crippen molar-refractivity contribution in [3.05, 3.63) is 0 Å². The molecule has 2 nitrogen and oxygen atoms in total. The van der Waals surface area contributed by atoms with E-state index in [-0.39, 0.29) is 5.60 Å². The maximum Gasteiger partial charge on any atom is 0.184 e. The predicted octanol–water partition coefficient (Wildman–Crippen LogP) is 8.61. The highest BCUT2D eigenvalue weighted by Gasteiger charge is 2.42. The van der Waals surface area contributed by atoms with Gasteiger partial charge in [0, 0.05) is 6.04 Å². The van der Waals surface area contributed by atoms with Crippen molar-refractivity contribution in [2.24, 2.45) is 0 Å². The molecular formula is C26H55NOSi. The van der Waals surface area contributed by atoms with Crippen LogP contribution >= 0.6 is 0 Å². The van der Waals surface area contributed by atoms with E-state index in [2.05, 4.69) is 38.8 Å². The minimum atomic E-state index is -1.57. The van der Waals surface area contributed by atoms with Gasteiger partial charge in [-0.2, -0.15) is 0 Å². The van der Waals surface area contributed by atoms with E-state index < -0.39 is 8.32 Å². The van der Waals surface area contributed by atoms with Crippen molar-refractivity contribution in [1.82, 2.24) is 5.32 Å². The van der Waals surface area contributed by atoms with Gasteiger partial charge in [-0.1, -0.05) is 104 Å². The number of rotatable bonds is 19. The van der Waals surface area contributed by atoms with Gasteiger partial charge in [0.05, 0.1) is 5.60 Å². The molecule has 0 aromatic carbocycles. The summed E-state index contributed by atoms with van der Waals surface area (Å²) < 4.78 is 7.08. The van der Waals surface area contributed by atoms with Crippen LogP contribution in [-0.2, 0) is 4.43 Å². The second-order valence-electron chi connectivity index (χ2n) is 10.7. The third-order valence-electron chi connectivity index (χ3n) is 6.61. The summed E-state index contributed by atoms with van der Waals surface area (Å²) in [6, 6.07) is 0.592. The molecule has 1 fully saturated rings. The minimum absolute atomic E-state index is 0.105. The zero-order valence-electron chi connectivity index (χ0n) is 20.9. The topological polar surface area (TPSA) is 21.3 Å². The molecule has 29 heavy (non-hydrogen) atoms. The van der Waals surface area contributed by atoms with Gasteiger partial charge in [0.1, 0.15) is 0 Å². The summed E-state index contributed by atoms with van der Waals surface area (Å²) in [4.78, 5) is 0. The molecular weight excluding hydrogens is 370 g/mol. The molecule has 0 amide bonds. The van der Waals surface area contributed by atoms with Gasteiger partial charge >= 0.3 is 0 Å². The molecule has 174 valence electrons. The molecule has 0 bridgehead atoms. The predicted molar refractivity (Wildman–Crippen MR) is 133 cm³/mol. The highest BCUT2D eigenvalue weighted by Crippen LogP contribution is 2.37. The summed E-state index contributed by atoms with van der Waals surface area (Å²) in [7, 11) is -1.57. The number of nitrogens with one attached hydrogen (secondary N) is 1. The Hall–Kier alpha value is 0.137. The third kappa shape index (κ3) is 12.5. The molecule has 0 radical (unpaired) electrons. The fourth-order valence-corrected chi connectivity index (χ4v) is 6.72. The van der Waals surface area contributed by atoms with E-state index in [9.17, 15) is 0 Å². The van der Waals surface area contributed by atoms with E-state index in [1.807, 2.05) is 0 Å².